The third-order valence-corrected chi connectivity index (χ3v) is 5.68. The number of aromatic nitrogens is 2. The number of rotatable bonds is 6. The van der Waals surface area contributed by atoms with Crippen LogP contribution in [0.2, 0.25) is 5.02 Å². The Balaban J connectivity index is 1.63. The van der Waals surface area contributed by atoms with E-state index in [1.807, 2.05) is 6.92 Å². The predicted octanol–water partition coefficient (Wildman–Crippen LogP) is 4.88. The lowest BCUT2D eigenvalue weighted by atomic mass is 10.1. The molecule has 0 radical (unpaired) electrons. The summed E-state index contributed by atoms with van der Waals surface area (Å²) in [6, 6.07) is 10.1. The van der Waals surface area contributed by atoms with Crippen molar-refractivity contribution in [2.24, 2.45) is 0 Å². The van der Waals surface area contributed by atoms with Gasteiger partial charge in [0.2, 0.25) is 0 Å². The van der Waals surface area contributed by atoms with E-state index in [9.17, 15) is 27.6 Å². The Kier molecular flexibility index (Phi) is 6.58. The summed E-state index contributed by atoms with van der Waals surface area (Å²) in [4.78, 5) is 39.4. The fourth-order valence-electron chi connectivity index (χ4n) is 3.72. The number of urea groups is 1. The van der Waals surface area contributed by atoms with Crippen LogP contribution in [0.4, 0.5) is 18.0 Å². The highest BCUT2D eigenvalue weighted by molar-refractivity contribution is 6.30. The Morgan fingerprint density at radius 1 is 1.06 bits per heavy atom. The maximum atomic E-state index is 13.2. The first-order valence-electron chi connectivity index (χ1n) is 10.7. The number of aromatic amines is 1. The van der Waals surface area contributed by atoms with Gasteiger partial charge in [0, 0.05) is 10.7 Å². The molecule has 0 aliphatic carbocycles. The number of hydrogen-bond acceptors (Lipinski definition) is 3. The summed E-state index contributed by atoms with van der Waals surface area (Å²) in [6.07, 6.45) is -1.94. The second-order valence-electron chi connectivity index (χ2n) is 7.95. The van der Waals surface area contributed by atoms with E-state index in [1.165, 1.54) is 22.9 Å². The molecule has 35 heavy (non-hydrogen) atoms. The third kappa shape index (κ3) is 5.02. The Labute approximate surface area is 202 Å². The minimum atomic E-state index is -4.49. The second kappa shape index (κ2) is 9.46. The van der Waals surface area contributed by atoms with Gasteiger partial charge in [-0.1, -0.05) is 43.1 Å². The molecule has 1 saturated heterocycles. The molecular weight excluding hydrogens is 485 g/mol. The molecule has 2 N–H and O–H groups in total. The SMILES string of the molecule is CCCc1[nH]n(-c2cccc(Cl)c2)c(=O)c1/C=C1\NC(=O)N(Cc2ccc(C(F)(F)F)cc2)C1=O. The first-order valence-corrected chi connectivity index (χ1v) is 11.1. The lowest BCUT2D eigenvalue weighted by Crippen LogP contribution is -2.30. The van der Waals surface area contributed by atoms with Crippen LogP contribution in [0.15, 0.2) is 59.0 Å². The van der Waals surface area contributed by atoms with Crippen LogP contribution in [0.3, 0.4) is 0 Å². The molecule has 3 aromatic rings. The zero-order valence-electron chi connectivity index (χ0n) is 18.4. The van der Waals surface area contributed by atoms with E-state index < -0.39 is 29.2 Å². The highest BCUT2D eigenvalue weighted by atomic mass is 35.5. The number of nitrogens with one attached hydrogen (secondary N) is 2. The molecule has 2 aromatic carbocycles. The van der Waals surface area contributed by atoms with Gasteiger partial charge in [-0.05, 0) is 48.4 Å². The molecule has 1 aliphatic rings. The minimum absolute atomic E-state index is 0.103. The van der Waals surface area contributed by atoms with Crippen molar-refractivity contribution in [3.8, 4) is 5.69 Å². The van der Waals surface area contributed by atoms with Crippen molar-refractivity contribution < 1.29 is 22.8 Å². The topological polar surface area (TPSA) is 87.2 Å². The number of aryl methyl sites for hydroxylation is 1. The van der Waals surface area contributed by atoms with Gasteiger partial charge in [0.25, 0.3) is 11.5 Å². The summed E-state index contributed by atoms with van der Waals surface area (Å²) in [5, 5.41) is 5.93. The van der Waals surface area contributed by atoms with Crippen LogP contribution in [0.1, 0.15) is 35.7 Å². The third-order valence-electron chi connectivity index (χ3n) is 5.44. The molecule has 182 valence electrons. The maximum Gasteiger partial charge on any atom is 0.416 e. The molecule has 3 amide bonds. The van der Waals surface area contributed by atoms with Gasteiger partial charge in [-0.3, -0.25) is 19.6 Å². The van der Waals surface area contributed by atoms with Crippen LogP contribution in [0.25, 0.3) is 11.8 Å². The lowest BCUT2D eigenvalue weighted by molar-refractivity contribution is -0.137. The van der Waals surface area contributed by atoms with Gasteiger partial charge in [0.05, 0.1) is 23.4 Å². The number of hydrogen-bond donors (Lipinski definition) is 2. The second-order valence-corrected chi connectivity index (χ2v) is 8.39. The van der Waals surface area contributed by atoms with E-state index in [0.29, 0.717) is 34.8 Å². The lowest BCUT2D eigenvalue weighted by Gasteiger charge is -2.13. The van der Waals surface area contributed by atoms with Crippen molar-refractivity contribution in [3.05, 3.63) is 92.0 Å². The monoisotopic (exact) mass is 504 g/mol. The van der Waals surface area contributed by atoms with Crippen molar-refractivity contribution in [3.63, 3.8) is 0 Å². The van der Waals surface area contributed by atoms with E-state index in [4.69, 9.17) is 11.6 Å². The zero-order chi connectivity index (χ0) is 25.3. The van der Waals surface area contributed by atoms with Crippen LogP contribution in [0, 0.1) is 0 Å². The van der Waals surface area contributed by atoms with Crippen molar-refractivity contribution in [2.75, 3.05) is 0 Å². The van der Waals surface area contributed by atoms with Crippen LogP contribution < -0.4 is 10.9 Å². The number of imide groups is 1. The van der Waals surface area contributed by atoms with Crippen molar-refractivity contribution in [2.45, 2.75) is 32.5 Å². The molecule has 1 aliphatic heterocycles. The largest absolute Gasteiger partial charge is 0.416 e. The molecule has 11 heteroatoms. The standard InChI is InChI=1S/C24H20ClF3N4O3/c1-2-4-19-18(21(33)32(30-19)17-6-3-5-16(25)11-17)12-20-22(34)31(23(35)29-20)13-14-7-9-15(10-8-14)24(26,27)28/h3,5-12,30H,2,4,13H2,1H3,(H,29,35)/b20-12-. The summed E-state index contributed by atoms with van der Waals surface area (Å²) >= 11 is 6.05. The number of nitrogens with zero attached hydrogens (tertiary/aromatic N) is 2. The zero-order valence-corrected chi connectivity index (χ0v) is 19.2. The Bertz CT molecular complexity index is 1370. The fourth-order valence-corrected chi connectivity index (χ4v) is 3.91. The van der Waals surface area contributed by atoms with Gasteiger partial charge in [0.1, 0.15) is 5.70 Å². The van der Waals surface area contributed by atoms with Gasteiger partial charge < -0.3 is 5.32 Å². The van der Waals surface area contributed by atoms with Crippen molar-refractivity contribution in [1.29, 1.82) is 0 Å². The Hall–Kier alpha value is -3.79. The van der Waals surface area contributed by atoms with Crippen LogP contribution in [-0.4, -0.2) is 26.6 Å². The summed E-state index contributed by atoms with van der Waals surface area (Å²) in [6.45, 7) is 1.71. The van der Waals surface area contributed by atoms with Crippen molar-refractivity contribution >= 4 is 29.6 Å². The summed E-state index contributed by atoms with van der Waals surface area (Å²) in [7, 11) is 0. The van der Waals surface area contributed by atoms with E-state index in [-0.39, 0.29) is 17.8 Å². The molecule has 7 nitrogen and oxygen atoms in total. The highest BCUT2D eigenvalue weighted by Crippen LogP contribution is 2.29. The highest BCUT2D eigenvalue weighted by Gasteiger charge is 2.35. The maximum absolute atomic E-state index is 13.2. The predicted molar refractivity (Wildman–Crippen MR) is 124 cm³/mol. The smallest absolute Gasteiger partial charge is 0.303 e. The molecule has 0 saturated carbocycles. The van der Waals surface area contributed by atoms with Crippen LogP contribution >= 0.6 is 11.6 Å². The molecule has 2 heterocycles. The van der Waals surface area contributed by atoms with Crippen molar-refractivity contribution in [1.82, 2.24) is 20.0 Å². The van der Waals surface area contributed by atoms with Gasteiger partial charge >= 0.3 is 12.2 Å². The number of H-pyrrole nitrogens is 1. The Morgan fingerprint density at radius 2 is 1.77 bits per heavy atom. The normalized spacial score (nSPS) is 15.2. The van der Waals surface area contributed by atoms with E-state index in [2.05, 4.69) is 10.4 Å². The average molecular weight is 505 g/mol. The van der Waals surface area contributed by atoms with Gasteiger partial charge in [-0.2, -0.15) is 13.2 Å². The molecular formula is C24H20ClF3N4O3. The number of alkyl halides is 3. The molecule has 4 rings (SSSR count). The molecule has 1 aromatic heterocycles. The van der Waals surface area contributed by atoms with Gasteiger partial charge in [-0.25, -0.2) is 9.48 Å². The number of amides is 3. The Morgan fingerprint density at radius 3 is 2.40 bits per heavy atom. The van der Waals surface area contributed by atoms with Gasteiger partial charge in [0.15, 0.2) is 0 Å². The van der Waals surface area contributed by atoms with Gasteiger partial charge in [-0.15, -0.1) is 0 Å². The number of carbonyl (C=O) groups excluding carboxylic acids is 2. The quantitative estimate of drug-likeness (QED) is 0.370. The summed E-state index contributed by atoms with van der Waals surface area (Å²) in [5.74, 6) is -0.688. The first-order chi connectivity index (χ1) is 16.6. The van der Waals surface area contributed by atoms with Crippen LogP contribution in [-0.2, 0) is 23.9 Å². The number of halogens is 4. The molecule has 0 unspecified atom stereocenters. The molecule has 0 bridgehead atoms. The van der Waals surface area contributed by atoms with E-state index in [1.54, 1.807) is 24.3 Å². The molecule has 1 fully saturated rings. The molecule has 0 atom stereocenters. The average Bonchev–Trinajstić information content (AvgIpc) is 3.25. The summed E-state index contributed by atoms with van der Waals surface area (Å²) < 4.78 is 39.7. The molecule has 0 spiro atoms. The fraction of sp³-hybridized carbons (Fsp3) is 0.208. The van der Waals surface area contributed by atoms with E-state index in [0.717, 1.165) is 17.0 Å². The van der Waals surface area contributed by atoms with E-state index >= 15 is 0 Å². The minimum Gasteiger partial charge on any atom is -0.303 e. The number of carbonyl (C=O) groups is 2. The first kappa shape index (κ1) is 24.3. The van der Waals surface area contributed by atoms with Crippen LogP contribution in [0.5, 0.6) is 0 Å². The number of benzene rings is 2. The summed E-state index contributed by atoms with van der Waals surface area (Å²) in [5.41, 5.74) is 0.292.